The Kier molecular flexibility index (Phi) is 5.92. The van der Waals surface area contributed by atoms with Crippen molar-refractivity contribution in [3.05, 3.63) is 59.0 Å². The zero-order valence-corrected chi connectivity index (χ0v) is 18.6. The number of amides is 1. The van der Waals surface area contributed by atoms with Gasteiger partial charge in [-0.05, 0) is 41.8 Å². The topological polar surface area (TPSA) is 103 Å². The van der Waals surface area contributed by atoms with E-state index in [1.807, 2.05) is 24.3 Å². The van der Waals surface area contributed by atoms with Crippen LogP contribution in [0.15, 0.2) is 57.7 Å². The van der Waals surface area contributed by atoms with E-state index in [-0.39, 0.29) is 30.1 Å². The van der Waals surface area contributed by atoms with Crippen molar-refractivity contribution in [2.24, 2.45) is 0 Å². The van der Waals surface area contributed by atoms with E-state index in [0.29, 0.717) is 29.1 Å². The lowest BCUT2D eigenvalue weighted by molar-refractivity contribution is -0.133. The van der Waals surface area contributed by atoms with E-state index in [9.17, 15) is 18.0 Å². The molecule has 1 amide bonds. The molecule has 0 N–H and O–H groups in total. The van der Waals surface area contributed by atoms with Gasteiger partial charge in [0.25, 0.3) is 5.91 Å². The summed E-state index contributed by atoms with van der Waals surface area (Å²) < 4.78 is 39.4. The minimum Gasteiger partial charge on any atom is -0.497 e. The minimum atomic E-state index is -3.08. The lowest BCUT2D eigenvalue weighted by Crippen LogP contribution is -2.40. The number of benzene rings is 2. The third kappa shape index (κ3) is 4.62. The lowest BCUT2D eigenvalue weighted by atomic mass is 10.0. The van der Waals surface area contributed by atoms with Gasteiger partial charge in [0, 0.05) is 30.6 Å². The molecule has 4 rings (SSSR count). The molecule has 0 spiro atoms. The molecule has 3 aromatic rings. The summed E-state index contributed by atoms with van der Waals surface area (Å²) in [6.07, 6.45) is 0.430. The third-order valence-corrected chi connectivity index (χ3v) is 7.38. The first kappa shape index (κ1) is 21.9. The van der Waals surface area contributed by atoms with Gasteiger partial charge in [0.1, 0.15) is 17.1 Å². The molecule has 1 fully saturated rings. The van der Waals surface area contributed by atoms with Crippen LogP contribution in [0.2, 0.25) is 0 Å². The normalized spacial score (nSPS) is 17.2. The van der Waals surface area contributed by atoms with Crippen LogP contribution in [0.25, 0.3) is 22.1 Å². The highest BCUT2D eigenvalue weighted by atomic mass is 32.2. The summed E-state index contributed by atoms with van der Waals surface area (Å²) in [5.41, 5.74) is 1.38. The smallest absolute Gasteiger partial charge is 0.336 e. The Balaban J connectivity index is 1.52. The molecule has 1 atom stereocenters. The highest BCUT2D eigenvalue weighted by molar-refractivity contribution is 7.91. The maximum Gasteiger partial charge on any atom is 0.336 e. The summed E-state index contributed by atoms with van der Waals surface area (Å²) in [6, 6.07) is 13.5. The van der Waals surface area contributed by atoms with Crippen molar-refractivity contribution in [3.63, 3.8) is 0 Å². The predicted molar refractivity (Wildman–Crippen MR) is 120 cm³/mol. The number of carbonyl (C=O) groups excluding carboxylic acids is 1. The van der Waals surface area contributed by atoms with E-state index in [2.05, 4.69) is 0 Å². The number of hydrogen-bond acceptors (Lipinski definition) is 7. The minimum absolute atomic E-state index is 0.0233. The second-order valence-electron chi connectivity index (χ2n) is 7.72. The van der Waals surface area contributed by atoms with Crippen LogP contribution in [0.1, 0.15) is 6.42 Å². The van der Waals surface area contributed by atoms with Crippen molar-refractivity contribution in [1.29, 1.82) is 0 Å². The van der Waals surface area contributed by atoms with Crippen molar-refractivity contribution >= 4 is 26.7 Å². The van der Waals surface area contributed by atoms with Crippen LogP contribution in [-0.4, -0.2) is 57.5 Å². The fourth-order valence-electron chi connectivity index (χ4n) is 3.77. The van der Waals surface area contributed by atoms with Crippen molar-refractivity contribution < 1.29 is 27.1 Å². The molecule has 1 saturated heterocycles. The Morgan fingerprint density at radius 3 is 2.50 bits per heavy atom. The van der Waals surface area contributed by atoms with Gasteiger partial charge < -0.3 is 18.8 Å². The van der Waals surface area contributed by atoms with Crippen molar-refractivity contribution in [1.82, 2.24) is 4.90 Å². The fourth-order valence-corrected chi connectivity index (χ4v) is 5.55. The molecule has 0 radical (unpaired) electrons. The number of nitrogens with zero attached hydrogens (tertiary/aromatic N) is 1. The monoisotopic (exact) mass is 457 g/mol. The van der Waals surface area contributed by atoms with Crippen LogP contribution in [0.3, 0.4) is 0 Å². The maximum absolute atomic E-state index is 12.4. The van der Waals surface area contributed by atoms with Crippen LogP contribution in [0.4, 0.5) is 0 Å². The van der Waals surface area contributed by atoms with Gasteiger partial charge in [0.2, 0.25) is 0 Å². The molecule has 0 aliphatic carbocycles. The number of likely N-dealkylation sites (N-methyl/N-ethyl adjacent to an activating group) is 1. The summed E-state index contributed by atoms with van der Waals surface area (Å²) in [6.45, 7) is -0.249. The Labute approximate surface area is 185 Å². The van der Waals surface area contributed by atoms with Gasteiger partial charge in [-0.25, -0.2) is 13.2 Å². The van der Waals surface area contributed by atoms with E-state index in [0.717, 1.165) is 10.9 Å². The first-order valence-electron chi connectivity index (χ1n) is 10.1. The second kappa shape index (κ2) is 8.66. The summed E-state index contributed by atoms with van der Waals surface area (Å²) >= 11 is 0. The molecule has 168 valence electrons. The number of rotatable bonds is 6. The molecule has 1 aliphatic rings. The zero-order valence-electron chi connectivity index (χ0n) is 17.7. The van der Waals surface area contributed by atoms with Crippen LogP contribution < -0.4 is 15.1 Å². The Bertz CT molecular complexity index is 1310. The first-order valence-corrected chi connectivity index (χ1v) is 11.9. The van der Waals surface area contributed by atoms with E-state index >= 15 is 0 Å². The SMILES string of the molecule is COc1ccc(-c2cc(=O)oc3cc(OCC(=O)N(C)[C@H]4CCS(=O)(=O)C4)ccc23)cc1. The van der Waals surface area contributed by atoms with E-state index in [1.54, 1.807) is 32.4 Å². The van der Waals surface area contributed by atoms with Gasteiger partial charge >= 0.3 is 5.63 Å². The molecule has 2 heterocycles. The molecule has 0 bridgehead atoms. The van der Waals surface area contributed by atoms with E-state index in [1.165, 1.54) is 11.0 Å². The highest BCUT2D eigenvalue weighted by Crippen LogP contribution is 2.30. The van der Waals surface area contributed by atoms with E-state index < -0.39 is 15.5 Å². The molecule has 32 heavy (non-hydrogen) atoms. The average molecular weight is 458 g/mol. The van der Waals surface area contributed by atoms with Crippen molar-refractivity contribution in [2.75, 3.05) is 32.3 Å². The van der Waals surface area contributed by atoms with Crippen LogP contribution in [0, 0.1) is 0 Å². The van der Waals surface area contributed by atoms with Crippen LogP contribution >= 0.6 is 0 Å². The summed E-state index contributed by atoms with van der Waals surface area (Å²) in [5.74, 6) is 0.830. The van der Waals surface area contributed by atoms with Crippen LogP contribution in [-0.2, 0) is 14.6 Å². The Hall–Kier alpha value is -3.33. The molecule has 8 nitrogen and oxygen atoms in total. The largest absolute Gasteiger partial charge is 0.497 e. The number of carbonyl (C=O) groups is 1. The maximum atomic E-state index is 12.4. The van der Waals surface area contributed by atoms with Crippen LogP contribution in [0.5, 0.6) is 11.5 Å². The lowest BCUT2D eigenvalue weighted by Gasteiger charge is -2.23. The number of methoxy groups -OCH3 is 1. The van der Waals surface area contributed by atoms with Crippen molar-refractivity contribution in [2.45, 2.75) is 12.5 Å². The first-order chi connectivity index (χ1) is 15.3. The fraction of sp³-hybridized carbons (Fsp3) is 0.304. The highest BCUT2D eigenvalue weighted by Gasteiger charge is 2.32. The van der Waals surface area contributed by atoms with Gasteiger partial charge in [-0.2, -0.15) is 0 Å². The molecule has 1 aliphatic heterocycles. The second-order valence-corrected chi connectivity index (χ2v) is 9.94. The molecule has 9 heteroatoms. The Morgan fingerprint density at radius 1 is 1.12 bits per heavy atom. The standard InChI is InChI=1S/C23H23NO7S/c1-24(16-9-10-32(27,28)14-16)22(25)13-30-18-7-8-19-20(12-23(26)31-21(19)11-18)15-3-5-17(29-2)6-4-15/h3-8,11-12,16H,9-10,13-14H2,1-2H3/t16-/m0/s1. The van der Waals surface area contributed by atoms with Gasteiger partial charge in [-0.1, -0.05) is 12.1 Å². The van der Waals surface area contributed by atoms with Crippen molar-refractivity contribution in [3.8, 4) is 22.6 Å². The average Bonchev–Trinajstić information content (AvgIpc) is 3.15. The number of fused-ring (bicyclic) bond motifs is 1. The third-order valence-electron chi connectivity index (χ3n) is 5.63. The molecule has 0 unspecified atom stereocenters. The molecular formula is C23H23NO7S. The van der Waals surface area contributed by atoms with E-state index in [4.69, 9.17) is 13.9 Å². The van der Waals surface area contributed by atoms with Gasteiger partial charge in [-0.3, -0.25) is 4.79 Å². The predicted octanol–water partition coefficient (Wildman–Crippen LogP) is 2.49. The molecular weight excluding hydrogens is 434 g/mol. The summed E-state index contributed by atoms with van der Waals surface area (Å²) in [4.78, 5) is 26.0. The quantitative estimate of drug-likeness (QED) is 0.524. The number of hydrogen-bond donors (Lipinski definition) is 0. The van der Waals surface area contributed by atoms with Gasteiger partial charge in [0.15, 0.2) is 16.4 Å². The zero-order chi connectivity index (χ0) is 22.9. The number of ether oxygens (including phenoxy) is 2. The summed E-state index contributed by atoms with van der Waals surface area (Å²) in [5, 5.41) is 0.724. The van der Waals surface area contributed by atoms with Gasteiger partial charge in [0.05, 0.1) is 18.6 Å². The summed E-state index contributed by atoms with van der Waals surface area (Å²) in [7, 11) is 0.0814. The number of sulfone groups is 1. The molecule has 1 aromatic heterocycles. The van der Waals surface area contributed by atoms with Gasteiger partial charge in [-0.15, -0.1) is 0 Å². The Morgan fingerprint density at radius 2 is 1.84 bits per heavy atom. The molecule has 0 saturated carbocycles. The molecule has 2 aromatic carbocycles.